The summed E-state index contributed by atoms with van der Waals surface area (Å²) in [5.74, 6) is 0.972. The Labute approximate surface area is 134 Å². The van der Waals surface area contributed by atoms with Gasteiger partial charge in [0.05, 0.1) is 0 Å². The highest BCUT2D eigenvalue weighted by Crippen LogP contribution is 2.30. The molecule has 1 aromatic rings. The predicted molar refractivity (Wildman–Crippen MR) is 90.9 cm³/mol. The third-order valence-corrected chi connectivity index (χ3v) is 3.75. The van der Waals surface area contributed by atoms with Crippen LogP contribution in [0, 0.1) is 5.92 Å². The van der Waals surface area contributed by atoms with E-state index >= 15 is 0 Å². The molecule has 0 fully saturated rings. The van der Waals surface area contributed by atoms with Crippen molar-refractivity contribution < 1.29 is 9.90 Å². The minimum Gasteiger partial charge on any atom is -0.465 e. The van der Waals surface area contributed by atoms with Gasteiger partial charge in [-0.2, -0.15) is 0 Å². The highest BCUT2D eigenvalue weighted by atomic mass is 35.5. The Morgan fingerprint density at radius 2 is 1.90 bits per heavy atom. The molecule has 0 aromatic heterocycles. The Morgan fingerprint density at radius 3 is 2.38 bits per heavy atom. The van der Waals surface area contributed by atoms with Crippen molar-refractivity contribution >= 4 is 24.2 Å². The summed E-state index contributed by atoms with van der Waals surface area (Å²) in [6, 6.07) is 7.87. The highest BCUT2D eigenvalue weighted by Gasteiger charge is 2.19. The first-order valence-electron chi connectivity index (χ1n) is 7.08. The van der Waals surface area contributed by atoms with E-state index in [1.165, 1.54) is 10.5 Å². The second-order valence-corrected chi connectivity index (χ2v) is 5.69. The number of amides is 1. The van der Waals surface area contributed by atoms with Crippen molar-refractivity contribution in [3.8, 4) is 0 Å². The van der Waals surface area contributed by atoms with Crippen LogP contribution in [-0.2, 0) is 0 Å². The molecule has 0 radical (unpaired) electrons. The van der Waals surface area contributed by atoms with E-state index in [9.17, 15) is 4.79 Å². The molecule has 0 saturated carbocycles. The quantitative estimate of drug-likeness (QED) is 0.865. The number of anilines is 1. The Kier molecular flexibility index (Phi) is 8.37. The van der Waals surface area contributed by atoms with E-state index in [1.54, 1.807) is 7.05 Å². The summed E-state index contributed by atoms with van der Waals surface area (Å²) in [4.78, 5) is 14.5. The largest absolute Gasteiger partial charge is 0.465 e. The second kappa shape index (κ2) is 8.90. The molecule has 0 heterocycles. The fraction of sp³-hybridized carbons (Fsp3) is 0.562. The molecular formula is C16H27ClN2O2. The Balaban J connectivity index is 0.00000400. The van der Waals surface area contributed by atoms with Gasteiger partial charge in [0, 0.05) is 19.3 Å². The Morgan fingerprint density at radius 1 is 1.29 bits per heavy atom. The zero-order chi connectivity index (χ0) is 15.3. The van der Waals surface area contributed by atoms with Crippen molar-refractivity contribution in [3.05, 3.63) is 29.8 Å². The van der Waals surface area contributed by atoms with Crippen LogP contribution in [0.3, 0.4) is 0 Å². The fourth-order valence-electron chi connectivity index (χ4n) is 2.74. The topological polar surface area (TPSA) is 43.8 Å². The summed E-state index contributed by atoms with van der Waals surface area (Å²) in [5, 5.41) is 9.07. The van der Waals surface area contributed by atoms with Crippen LogP contribution in [0.15, 0.2) is 24.3 Å². The molecule has 0 bridgehead atoms. The molecule has 4 nitrogen and oxygen atoms in total. The van der Waals surface area contributed by atoms with Crippen molar-refractivity contribution in [3.63, 3.8) is 0 Å². The monoisotopic (exact) mass is 314 g/mol. The summed E-state index contributed by atoms with van der Waals surface area (Å²) in [6.07, 6.45) is 0.117. The van der Waals surface area contributed by atoms with Gasteiger partial charge in [-0.1, -0.05) is 26.0 Å². The maximum atomic E-state index is 11.0. The van der Waals surface area contributed by atoms with Crippen molar-refractivity contribution in [2.24, 2.45) is 5.92 Å². The minimum atomic E-state index is -0.934. The summed E-state index contributed by atoms with van der Waals surface area (Å²) in [5.41, 5.74) is 1.94. The van der Waals surface area contributed by atoms with Crippen molar-refractivity contribution in [1.29, 1.82) is 0 Å². The number of hydrogen-bond donors (Lipinski definition) is 1. The van der Waals surface area contributed by atoms with Crippen LogP contribution in [0.5, 0.6) is 0 Å². The van der Waals surface area contributed by atoms with Crippen molar-refractivity contribution in [2.75, 3.05) is 32.6 Å². The lowest BCUT2D eigenvalue weighted by Gasteiger charge is -2.27. The lowest BCUT2D eigenvalue weighted by Crippen LogP contribution is -2.25. The summed E-state index contributed by atoms with van der Waals surface area (Å²) in [7, 11) is 5.74. The third-order valence-electron chi connectivity index (χ3n) is 3.75. The maximum absolute atomic E-state index is 11.0. The Bertz CT molecular complexity index is 452. The molecule has 1 aromatic carbocycles. The standard InChI is InChI=1S/C16H26N2O2.ClH/c1-6-15(12(2)11-17(3)4)13-8-7-9-14(10-13)18(5)16(19)20;/h7-10,12,15H,6,11H2,1-5H3,(H,19,20);1H/t12-,15+;/m0./s1. The van der Waals surface area contributed by atoms with E-state index in [4.69, 9.17) is 5.11 Å². The van der Waals surface area contributed by atoms with Gasteiger partial charge in [-0.15, -0.1) is 12.4 Å². The van der Waals surface area contributed by atoms with Gasteiger partial charge in [0.1, 0.15) is 0 Å². The van der Waals surface area contributed by atoms with Crippen LogP contribution < -0.4 is 4.90 Å². The van der Waals surface area contributed by atoms with Crippen molar-refractivity contribution in [1.82, 2.24) is 4.90 Å². The highest BCUT2D eigenvalue weighted by molar-refractivity contribution is 5.85. The zero-order valence-electron chi connectivity index (χ0n) is 13.5. The minimum absolute atomic E-state index is 0. The molecule has 21 heavy (non-hydrogen) atoms. The van der Waals surface area contributed by atoms with Crippen LogP contribution in [0.25, 0.3) is 0 Å². The predicted octanol–water partition coefficient (Wildman–Crippen LogP) is 3.91. The zero-order valence-corrected chi connectivity index (χ0v) is 14.4. The molecular weight excluding hydrogens is 288 g/mol. The van der Waals surface area contributed by atoms with E-state index in [-0.39, 0.29) is 12.4 Å². The van der Waals surface area contributed by atoms with Crippen LogP contribution in [0.2, 0.25) is 0 Å². The number of carbonyl (C=O) groups is 1. The lowest BCUT2D eigenvalue weighted by atomic mass is 9.84. The van der Waals surface area contributed by atoms with E-state index in [0.717, 1.165) is 18.7 Å². The molecule has 1 N–H and O–H groups in total. The first kappa shape index (κ1) is 19.7. The van der Waals surface area contributed by atoms with Crippen LogP contribution in [0.4, 0.5) is 10.5 Å². The molecule has 120 valence electrons. The SMILES string of the molecule is CC[C@@H](c1cccc(N(C)C(=O)O)c1)[C@@H](C)CN(C)C.Cl. The molecule has 0 aliphatic rings. The second-order valence-electron chi connectivity index (χ2n) is 5.69. The first-order chi connectivity index (χ1) is 9.36. The third kappa shape index (κ3) is 5.56. The van der Waals surface area contributed by atoms with Crippen molar-refractivity contribution in [2.45, 2.75) is 26.2 Å². The molecule has 5 heteroatoms. The van der Waals surface area contributed by atoms with E-state index in [2.05, 4.69) is 38.9 Å². The molecule has 1 rings (SSSR count). The smallest absolute Gasteiger partial charge is 0.411 e. The Hall–Kier alpha value is -1.26. The maximum Gasteiger partial charge on any atom is 0.411 e. The average Bonchev–Trinajstić information content (AvgIpc) is 2.38. The molecule has 0 aliphatic carbocycles. The number of nitrogens with zero attached hydrogens (tertiary/aromatic N) is 2. The van der Waals surface area contributed by atoms with Gasteiger partial charge in [0.15, 0.2) is 0 Å². The number of benzene rings is 1. The number of hydrogen-bond acceptors (Lipinski definition) is 2. The fourth-order valence-corrected chi connectivity index (χ4v) is 2.74. The van der Waals surface area contributed by atoms with Gasteiger partial charge in [0.25, 0.3) is 0 Å². The van der Waals surface area contributed by atoms with Gasteiger partial charge in [-0.25, -0.2) is 4.79 Å². The lowest BCUT2D eigenvalue weighted by molar-refractivity contribution is 0.203. The van der Waals surface area contributed by atoms with E-state index in [0.29, 0.717) is 11.8 Å². The van der Waals surface area contributed by atoms with E-state index in [1.807, 2.05) is 18.2 Å². The molecule has 0 aliphatic heterocycles. The first-order valence-corrected chi connectivity index (χ1v) is 7.08. The van der Waals surface area contributed by atoms with Gasteiger partial charge in [-0.3, -0.25) is 4.90 Å². The van der Waals surface area contributed by atoms with Gasteiger partial charge < -0.3 is 10.0 Å². The average molecular weight is 315 g/mol. The number of carboxylic acid groups (broad SMARTS) is 1. The normalized spacial score (nSPS) is 13.4. The molecule has 2 atom stereocenters. The number of halogens is 1. The van der Waals surface area contributed by atoms with Crippen LogP contribution in [0.1, 0.15) is 31.7 Å². The molecule has 1 amide bonds. The van der Waals surface area contributed by atoms with Gasteiger partial charge >= 0.3 is 6.09 Å². The molecule has 0 unspecified atom stereocenters. The molecule has 0 saturated heterocycles. The van der Waals surface area contributed by atoms with Crippen LogP contribution in [-0.4, -0.2) is 43.8 Å². The summed E-state index contributed by atoms with van der Waals surface area (Å²) in [6.45, 7) is 5.46. The molecule has 0 spiro atoms. The summed E-state index contributed by atoms with van der Waals surface area (Å²) < 4.78 is 0. The number of rotatable bonds is 6. The van der Waals surface area contributed by atoms with Crippen LogP contribution >= 0.6 is 12.4 Å². The summed E-state index contributed by atoms with van der Waals surface area (Å²) >= 11 is 0. The van der Waals surface area contributed by atoms with E-state index < -0.39 is 6.09 Å². The van der Waals surface area contributed by atoms with Gasteiger partial charge in [0.2, 0.25) is 0 Å². The van der Waals surface area contributed by atoms with Gasteiger partial charge in [-0.05, 0) is 50.0 Å².